The summed E-state index contributed by atoms with van der Waals surface area (Å²) in [5.74, 6) is 0.978. The lowest BCUT2D eigenvalue weighted by atomic mass is 9.96. The first-order chi connectivity index (χ1) is 14.1. The lowest BCUT2D eigenvalue weighted by molar-refractivity contribution is 0.0657. The third-order valence-corrected chi connectivity index (χ3v) is 5.76. The minimum Gasteiger partial charge on any atom is -0.459 e. The van der Waals surface area contributed by atoms with Gasteiger partial charge in [-0.1, -0.05) is 12.1 Å². The number of benzene rings is 1. The molecule has 2 aromatic rings. The quantitative estimate of drug-likeness (QED) is 0.622. The Hall–Kier alpha value is -2.83. The predicted molar refractivity (Wildman–Crippen MR) is 109 cm³/mol. The molecule has 1 aliphatic heterocycles. The molecule has 0 bridgehead atoms. The monoisotopic (exact) mass is 398 g/mol. The van der Waals surface area contributed by atoms with Crippen LogP contribution in [0.1, 0.15) is 35.9 Å². The highest BCUT2D eigenvalue weighted by atomic mass is 19.1. The van der Waals surface area contributed by atoms with Gasteiger partial charge in [0.25, 0.3) is 5.91 Å². The van der Waals surface area contributed by atoms with Crippen molar-refractivity contribution in [2.24, 2.45) is 4.99 Å². The van der Waals surface area contributed by atoms with Crippen molar-refractivity contribution >= 4 is 11.9 Å². The molecule has 0 radical (unpaired) electrons. The third kappa shape index (κ3) is 4.28. The number of nitrogens with zero attached hydrogens (tertiary/aromatic N) is 3. The van der Waals surface area contributed by atoms with Crippen LogP contribution in [0, 0.1) is 5.82 Å². The second-order valence-corrected chi connectivity index (χ2v) is 7.72. The summed E-state index contributed by atoms with van der Waals surface area (Å²) in [6, 6.07) is 10.3. The van der Waals surface area contributed by atoms with Gasteiger partial charge in [0.2, 0.25) is 0 Å². The molecule has 1 saturated carbocycles. The molecule has 6 nitrogen and oxygen atoms in total. The minimum absolute atomic E-state index is 0.0418. The van der Waals surface area contributed by atoms with E-state index in [2.05, 4.69) is 10.2 Å². The van der Waals surface area contributed by atoms with Crippen LogP contribution < -0.4 is 5.32 Å². The molecule has 2 heterocycles. The molecule has 1 saturated heterocycles. The number of nitrogens with one attached hydrogen (secondary N) is 1. The van der Waals surface area contributed by atoms with Gasteiger partial charge in [-0.25, -0.2) is 4.39 Å². The van der Waals surface area contributed by atoms with Gasteiger partial charge in [-0.2, -0.15) is 0 Å². The maximum atomic E-state index is 13.6. The van der Waals surface area contributed by atoms with Gasteiger partial charge in [0.05, 0.1) is 12.8 Å². The highest BCUT2D eigenvalue weighted by molar-refractivity contribution is 5.91. The number of piperazine rings is 1. The van der Waals surface area contributed by atoms with Gasteiger partial charge in [-0.3, -0.25) is 9.79 Å². The van der Waals surface area contributed by atoms with Crippen LogP contribution in [0.3, 0.4) is 0 Å². The van der Waals surface area contributed by atoms with Gasteiger partial charge in [0.15, 0.2) is 11.7 Å². The Morgan fingerprint density at radius 1 is 1.17 bits per heavy atom. The SMILES string of the molecule is CCNC(=NCC1(c2cccc(F)c2)CC1)N1CCN(C(=O)c2ccco2)CC1. The lowest BCUT2D eigenvalue weighted by Crippen LogP contribution is -2.53. The Bertz CT molecular complexity index is 869. The lowest BCUT2D eigenvalue weighted by Gasteiger charge is -2.36. The summed E-state index contributed by atoms with van der Waals surface area (Å²) in [5.41, 5.74) is 0.991. The smallest absolute Gasteiger partial charge is 0.289 e. The average molecular weight is 398 g/mol. The molecule has 1 aliphatic carbocycles. The number of halogens is 1. The zero-order chi connectivity index (χ0) is 20.3. The van der Waals surface area contributed by atoms with Crippen molar-refractivity contribution in [3.05, 3.63) is 59.8 Å². The Morgan fingerprint density at radius 3 is 2.55 bits per heavy atom. The summed E-state index contributed by atoms with van der Waals surface area (Å²) < 4.78 is 18.9. The van der Waals surface area contributed by atoms with Crippen LogP contribution in [0.2, 0.25) is 0 Å². The fraction of sp³-hybridized carbons (Fsp3) is 0.455. The van der Waals surface area contributed by atoms with Gasteiger partial charge in [-0.05, 0) is 49.6 Å². The maximum Gasteiger partial charge on any atom is 0.289 e. The molecule has 1 aromatic carbocycles. The Labute approximate surface area is 170 Å². The summed E-state index contributed by atoms with van der Waals surface area (Å²) in [6.45, 7) is 6.14. The molecule has 1 amide bonds. The van der Waals surface area contributed by atoms with E-state index < -0.39 is 0 Å². The van der Waals surface area contributed by atoms with Gasteiger partial charge in [0.1, 0.15) is 5.82 Å². The van der Waals surface area contributed by atoms with E-state index in [9.17, 15) is 9.18 Å². The first kappa shape index (κ1) is 19.5. The summed E-state index contributed by atoms with van der Waals surface area (Å²) in [7, 11) is 0. The largest absolute Gasteiger partial charge is 0.459 e. The number of rotatable bonds is 5. The van der Waals surface area contributed by atoms with Crippen molar-refractivity contribution in [1.29, 1.82) is 0 Å². The van der Waals surface area contributed by atoms with Crippen LogP contribution in [0.5, 0.6) is 0 Å². The predicted octanol–water partition coefficient (Wildman–Crippen LogP) is 2.87. The molecule has 1 aromatic heterocycles. The molecule has 0 atom stereocenters. The number of aliphatic imine (C=N–C) groups is 1. The van der Waals surface area contributed by atoms with E-state index in [4.69, 9.17) is 9.41 Å². The van der Waals surface area contributed by atoms with Crippen LogP contribution in [-0.2, 0) is 5.41 Å². The maximum absolute atomic E-state index is 13.6. The first-order valence-electron chi connectivity index (χ1n) is 10.2. The zero-order valence-corrected chi connectivity index (χ0v) is 16.7. The molecule has 2 aliphatic rings. The van der Waals surface area contributed by atoms with Crippen LogP contribution in [0.15, 0.2) is 52.1 Å². The van der Waals surface area contributed by atoms with Crippen molar-refractivity contribution in [3.63, 3.8) is 0 Å². The Kier molecular flexibility index (Phi) is 5.56. The normalized spacial score (nSPS) is 18.6. The molecule has 29 heavy (non-hydrogen) atoms. The highest BCUT2D eigenvalue weighted by Gasteiger charge is 2.44. The molecule has 1 N–H and O–H groups in total. The molecule has 154 valence electrons. The Balaban J connectivity index is 1.40. The van der Waals surface area contributed by atoms with E-state index in [-0.39, 0.29) is 17.1 Å². The third-order valence-electron chi connectivity index (χ3n) is 5.76. The van der Waals surface area contributed by atoms with E-state index in [0.717, 1.165) is 30.9 Å². The second-order valence-electron chi connectivity index (χ2n) is 7.72. The van der Waals surface area contributed by atoms with Gasteiger partial charge >= 0.3 is 0 Å². The van der Waals surface area contributed by atoms with Crippen molar-refractivity contribution in [2.75, 3.05) is 39.3 Å². The van der Waals surface area contributed by atoms with Crippen molar-refractivity contribution < 1.29 is 13.6 Å². The van der Waals surface area contributed by atoms with Crippen LogP contribution in [-0.4, -0.2) is 60.9 Å². The van der Waals surface area contributed by atoms with E-state index in [1.54, 1.807) is 24.3 Å². The number of carbonyl (C=O) groups is 1. The molecule has 0 unspecified atom stereocenters. The van der Waals surface area contributed by atoms with Crippen molar-refractivity contribution in [1.82, 2.24) is 15.1 Å². The molecular formula is C22H27FN4O2. The van der Waals surface area contributed by atoms with E-state index in [1.807, 2.05) is 17.9 Å². The molecule has 0 spiro atoms. The summed E-state index contributed by atoms with van der Waals surface area (Å²) in [4.78, 5) is 21.3. The van der Waals surface area contributed by atoms with Gasteiger partial charge < -0.3 is 19.5 Å². The van der Waals surface area contributed by atoms with E-state index in [1.165, 1.54) is 12.3 Å². The molecule has 7 heteroatoms. The Morgan fingerprint density at radius 2 is 1.93 bits per heavy atom. The fourth-order valence-corrected chi connectivity index (χ4v) is 3.84. The molecule has 4 rings (SSSR count). The van der Waals surface area contributed by atoms with E-state index in [0.29, 0.717) is 38.5 Å². The van der Waals surface area contributed by atoms with Crippen LogP contribution >= 0.6 is 0 Å². The van der Waals surface area contributed by atoms with Crippen molar-refractivity contribution in [2.45, 2.75) is 25.2 Å². The number of guanidine groups is 1. The summed E-state index contributed by atoms with van der Waals surface area (Å²) in [6.07, 6.45) is 3.58. The number of hydrogen-bond donors (Lipinski definition) is 1. The number of carbonyl (C=O) groups excluding carboxylic acids is 1. The number of amides is 1. The first-order valence-corrected chi connectivity index (χ1v) is 10.2. The highest BCUT2D eigenvalue weighted by Crippen LogP contribution is 2.48. The zero-order valence-electron chi connectivity index (χ0n) is 16.7. The average Bonchev–Trinajstić information content (AvgIpc) is 3.34. The fourth-order valence-electron chi connectivity index (χ4n) is 3.84. The van der Waals surface area contributed by atoms with Gasteiger partial charge in [-0.15, -0.1) is 0 Å². The summed E-state index contributed by atoms with van der Waals surface area (Å²) >= 11 is 0. The van der Waals surface area contributed by atoms with Crippen LogP contribution in [0.4, 0.5) is 4.39 Å². The molecule has 2 fully saturated rings. The number of furan rings is 1. The van der Waals surface area contributed by atoms with E-state index >= 15 is 0 Å². The molecular weight excluding hydrogens is 371 g/mol. The number of hydrogen-bond acceptors (Lipinski definition) is 3. The standard InChI is InChI=1S/C22H27FN4O2/c1-2-24-21(25-16-22(8-9-22)17-5-3-6-18(23)15-17)27-12-10-26(11-13-27)20(28)19-7-4-14-29-19/h3-7,14-15H,2,8-13,16H2,1H3,(H,24,25). The topological polar surface area (TPSA) is 61.1 Å². The summed E-state index contributed by atoms with van der Waals surface area (Å²) in [5, 5.41) is 3.37. The minimum atomic E-state index is -0.193. The van der Waals surface area contributed by atoms with Crippen molar-refractivity contribution in [3.8, 4) is 0 Å². The van der Waals surface area contributed by atoms with Gasteiger partial charge in [0, 0.05) is 38.1 Å². The van der Waals surface area contributed by atoms with Crippen LogP contribution in [0.25, 0.3) is 0 Å². The second kappa shape index (κ2) is 8.27.